The SMILES string of the molecule is COC(=O)c1cc(Cl)cc(I)c1N1CCCC1. The van der Waals surface area contributed by atoms with E-state index in [0.29, 0.717) is 10.6 Å². The number of hydrogen-bond acceptors (Lipinski definition) is 3. The molecule has 5 heteroatoms. The normalized spacial score (nSPS) is 15.1. The average Bonchev–Trinajstić information content (AvgIpc) is 2.80. The van der Waals surface area contributed by atoms with Crippen LogP contribution in [0.3, 0.4) is 0 Å². The van der Waals surface area contributed by atoms with Crippen LogP contribution in [0, 0.1) is 3.57 Å². The number of carbonyl (C=O) groups is 1. The fourth-order valence-corrected chi connectivity index (χ4v) is 3.46. The molecule has 0 saturated carbocycles. The third kappa shape index (κ3) is 2.68. The molecule has 17 heavy (non-hydrogen) atoms. The maximum Gasteiger partial charge on any atom is 0.340 e. The maximum absolute atomic E-state index is 11.8. The Labute approximate surface area is 119 Å². The fraction of sp³-hybridized carbons (Fsp3) is 0.417. The van der Waals surface area contributed by atoms with E-state index in [1.165, 1.54) is 20.0 Å². The number of carbonyl (C=O) groups excluding carboxylic acids is 1. The molecular weight excluding hydrogens is 352 g/mol. The molecule has 0 N–H and O–H groups in total. The number of hydrogen-bond donors (Lipinski definition) is 0. The van der Waals surface area contributed by atoms with Crippen LogP contribution in [-0.2, 0) is 4.74 Å². The largest absolute Gasteiger partial charge is 0.465 e. The van der Waals surface area contributed by atoms with Gasteiger partial charge in [-0.25, -0.2) is 4.79 Å². The summed E-state index contributed by atoms with van der Waals surface area (Å²) in [7, 11) is 1.39. The molecule has 0 unspecified atom stereocenters. The molecule has 0 aliphatic carbocycles. The van der Waals surface area contributed by atoms with Crippen LogP contribution >= 0.6 is 34.2 Å². The van der Waals surface area contributed by atoms with Crippen LogP contribution in [0.5, 0.6) is 0 Å². The van der Waals surface area contributed by atoms with Crippen molar-refractivity contribution in [2.24, 2.45) is 0 Å². The van der Waals surface area contributed by atoms with Crippen molar-refractivity contribution in [1.82, 2.24) is 0 Å². The first-order valence-electron chi connectivity index (χ1n) is 5.46. The second-order valence-corrected chi connectivity index (χ2v) is 5.57. The van der Waals surface area contributed by atoms with Crippen LogP contribution in [0.15, 0.2) is 12.1 Å². The van der Waals surface area contributed by atoms with Gasteiger partial charge in [-0.15, -0.1) is 0 Å². The molecule has 3 nitrogen and oxygen atoms in total. The zero-order valence-electron chi connectivity index (χ0n) is 9.50. The van der Waals surface area contributed by atoms with E-state index in [1.54, 1.807) is 6.07 Å². The van der Waals surface area contributed by atoms with E-state index in [4.69, 9.17) is 16.3 Å². The third-order valence-corrected chi connectivity index (χ3v) is 3.90. The number of esters is 1. The van der Waals surface area contributed by atoms with Gasteiger partial charge in [0.2, 0.25) is 0 Å². The Kier molecular flexibility index (Phi) is 4.14. The Balaban J connectivity index is 2.50. The summed E-state index contributed by atoms with van der Waals surface area (Å²) in [4.78, 5) is 14.0. The molecule has 1 aliphatic heterocycles. The summed E-state index contributed by atoms with van der Waals surface area (Å²) in [5.41, 5.74) is 1.52. The summed E-state index contributed by atoms with van der Waals surface area (Å²) in [5.74, 6) is -0.327. The van der Waals surface area contributed by atoms with Gasteiger partial charge in [0, 0.05) is 21.7 Å². The van der Waals surface area contributed by atoms with Gasteiger partial charge in [0.1, 0.15) is 0 Å². The van der Waals surface area contributed by atoms with Gasteiger partial charge in [-0.3, -0.25) is 0 Å². The highest BCUT2D eigenvalue weighted by atomic mass is 127. The molecule has 0 amide bonds. The number of methoxy groups -OCH3 is 1. The van der Waals surface area contributed by atoms with Crippen LogP contribution in [0.1, 0.15) is 23.2 Å². The summed E-state index contributed by atoms with van der Waals surface area (Å²) < 4.78 is 5.82. The predicted molar refractivity (Wildman–Crippen MR) is 77.0 cm³/mol. The predicted octanol–water partition coefficient (Wildman–Crippen LogP) is 3.33. The summed E-state index contributed by atoms with van der Waals surface area (Å²) in [6.07, 6.45) is 2.33. The zero-order valence-corrected chi connectivity index (χ0v) is 12.4. The molecule has 2 rings (SSSR count). The van der Waals surface area contributed by atoms with Gasteiger partial charge in [0.15, 0.2) is 0 Å². The van der Waals surface area contributed by atoms with Gasteiger partial charge in [-0.1, -0.05) is 11.6 Å². The molecule has 0 spiro atoms. The van der Waals surface area contributed by atoms with Crippen molar-refractivity contribution < 1.29 is 9.53 Å². The summed E-state index contributed by atoms with van der Waals surface area (Å²) in [5, 5.41) is 0.567. The van der Waals surface area contributed by atoms with E-state index in [9.17, 15) is 4.79 Å². The molecule has 1 aromatic carbocycles. The van der Waals surface area contributed by atoms with E-state index in [0.717, 1.165) is 22.3 Å². The minimum Gasteiger partial charge on any atom is -0.465 e. The van der Waals surface area contributed by atoms with Gasteiger partial charge >= 0.3 is 5.97 Å². The highest BCUT2D eigenvalue weighted by Gasteiger charge is 2.23. The van der Waals surface area contributed by atoms with Crippen molar-refractivity contribution in [1.29, 1.82) is 0 Å². The van der Waals surface area contributed by atoms with E-state index in [2.05, 4.69) is 27.5 Å². The van der Waals surface area contributed by atoms with Crippen molar-refractivity contribution in [3.05, 3.63) is 26.3 Å². The molecule has 0 bridgehead atoms. The molecule has 0 atom stereocenters. The second-order valence-electron chi connectivity index (χ2n) is 3.97. The molecule has 1 aliphatic rings. The Morgan fingerprint density at radius 1 is 1.41 bits per heavy atom. The van der Waals surface area contributed by atoms with Gasteiger partial charge in [0.25, 0.3) is 0 Å². The third-order valence-electron chi connectivity index (χ3n) is 2.86. The average molecular weight is 366 g/mol. The molecule has 1 heterocycles. The van der Waals surface area contributed by atoms with Crippen LogP contribution in [0.4, 0.5) is 5.69 Å². The number of halogens is 2. The molecule has 92 valence electrons. The summed E-state index contributed by atoms with van der Waals surface area (Å²) >= 11 is 8.22. The first-order valence-corrected chi connectivity index (χ1v) is 6.91. The van der Waals surface area contributed by atoms with E-state index < -0.39 is 0 Å². The Bertz CT molecular complexity index is 444. The van der Waals surface area contributed by atoms with Gasteiger partial charge in [-0.05, 0) is 47.6 Å². The lowest BCUT2D eigenvalue weighted by Gasteiger charge is -2.22. The first-order chi connectivity index (χ1) is 8.13. The molecular formula is C12H13ClINO2. The highest BCUT2D eigenvalue weighted by Crippen LogP contribution is 2.33. The number of rotatable bonds is 2. The van der Waals surface area contributed by atoms with Crippen LogP contribution in [0.25, 0.3) is 0 Å². The zero-order chi connectivity index (χ0) is 12.4. The molecule has 1 fully saturated rings. The number of ether oxygens (including phenoxy) is 1. The number of anilines is 1. The van der Waals surface area contributed by atoms with Gasteiger partial charge in [-0.2, -0.15) is 0 Å². The van der Waals surface area contributed by atoms with Crippen LogP contribution in [-0.4, -0.2) is 26.2 Å². The van der Waals surface area contributed by atoms with Crippen molar-refractivity contribution in [3.8, 4) is 0 Å². The van der Waals surface area contributed by atoms with E-state index in [-0.39, 0.29) is 5.97 Å². The van der Waals surface area contributed by atoms with E-state index in [1.807, 2.05) is 6.07 Å². The van der Waals surface area contributed by atoms with Crippen LogP contribution in [0.2, 0.25) is 5.02 Å². The second kappa shape index (κ2) is 5.44. The molecule has 1 aromatic rings. The van der Waals surface area contributed by atoms with Crippen molar-refractivity contribution in [2.75, 3.05) is 25.1 Å². The lowest BCUT2D eigenvalue weighted by molar-refractivity contribution is 0.0601. The van der Waals surface area contributed by atoms with Crippen molar-refractivity contribution >= 4 is 45.8 Å². The van der Waals surface area contributed by atoms with Gasteiger partial charge < -0.3 is 9.64 Å². The minimum absolute atomic E-state index is 0.327. The number of benzene rings is 1. The standard InChI is InChI=1S/C12H13ClINO2/c1-17-12(16)9-6-8(13)7-10(14)11(9)15-4-2-3-5-15/h6-7H,2-5H2,1H3. The summed E-state index contributed by atoms with van der Waals surface area (Å²) in [6.45, 7) is 1.98. The lowest BCUT2D eigenvalue weighted by atomic mass is 10.1. The van der Waals surface area contributed by atoms with E-state index >= 15 is 0 Å². The smallest absolute Gasteiger partial charge is 0.340 e. The summed E-state index contributed by atoms with van der Waals surface area (Å²) in [6, 6.07) is 3.56. The maximum atomic E-state index is 11.8. The molecule has 0 aromatic heterocycles. The quantitative estimate of drug-likeness (QED) is 0.595. The Morgan fingerprint density at radius 3 is 2.65 bits per heavy atom. The van der Waals surface area contributed by atoms with Crippen molar-refractivity contribution in [3.63, 3.8) is 0 Å². The highest BCUT2D eigenvalue weighted by molar-refractivity contribution is 14.1. The minimum atomic E-state index is -0.327. The monoisotopic (exact) mass is 365 g/mol. The van der Waals surface area contributed by atoms with Crippen molar-refractivity contribution in [2.45, 2.75) is 12.8 Å². The Morgan fingerprint density at radius 2 is 2.06 bits per heavy atom. The van der Waals surface area contributed by atoms with Gasteiger partial charge in [0.05, 0.1) is 18.4 Å². The topological polar surface area (TPSA) is 29.5 Å². The lowest BCUT2D eigenvalue weighted by Crippen LogP contribution is -2.22. The molecule has 0 radical (unpaired) electrons. The first kappa shape index (κ1) is 13.0. The van der Waals surface area contributed by atoms with Crippen LogP contribution < -0.4 is 4.90 Å². The number of nitrogens with zero attached hydrogens (tertiary/aromatic N) is 1. The fourth-order valence-electron chi connectivity index (χ4n) is 2.09. The Hall–Kier alpha value is -0.490. The molecule has 1 saturated heterocycles.